The second-order valence-corrected chi connectivity index (χ2v) is 5.18. The molecule has 0 radical (unpaired) electrons. The zero-order chi connectivity index (χ0) is 12.9. The highest BCUT2D eigenvalue weighted by Crippen LogP contribution is 2.25. The van der Waals surface area contributed by atoms with E-state index in [4.69, 9.17) is 19.9 Å². The summed E-state index contributed by atoms with van der Waals surface area (Å²) in [6.45, 7) is 6.16. The number of hydrogen-bond acceptors (Lipinski definition) is 5. The Hall–Kier alpha value is -0.200. The molecule has 0 bridgehead atoms. The average Bonchev–Trinajstić information content (AvgIpc) is 2.76. The quantitative estimate of drug-likeness (QED) is 0.640. The standard InChI is InChI=1S/C12H26N2O3/c1-11(6-5-7-17-11)9-14-12(2,8-13)10(15-3)16-4/h10,14H,5-9,13H2,1-4H3. The molecule has 5 nitrogen and oxygen atoms in total. The molecule has 1 heterocycles. The molecule has 0 aromatic rings. The predicted octanol–water partition coefficient (Wildman–Crippen LogP) is 0.481. The second kappa shape index (κ2) is 6.11. The molecule has 0 aromatic carbocycles. The number of ether oxygens (including phenoxy) is 3. The third-order valence-electron chi connectivity index (χ3n) is 3.54. The summed E-state index contributed by atoms with van der Waals surface area (Å²) in [5.74, 6) is 0. The molecule has 17 heavy (non-hydrogen) atoms. The highest BCUT2D eigenvalue weighted by molar-refractivity contribution is 4.92. The third kappa shape index (κ3) is 3.63. The van der Waals surface area contributed by atoms with Gasteiger partial charge in [0.2, 0.25) is 0 Å². The van der Waals surface area contributed by atoms with Gasteiger partial charge in [0.05, 0.1) is 11.1 Å². The highest BCUT2D eigenvalue weighted by Gasteiger charge is 2.37. The normalized spacial score (nSPS) is 28.6. The summed E-state index contributed by atoms with van der Waals surface area (Å²) in [6, 6.07) is 0. The summed E-state index contributed by atoms with van der Waals surface area (Å²) >= 11 is 0. The van der Waals surface area contributed by atoms with Crippen molar-refractivity contribution < 1.29 is 14.2 Å². The number of nitrogens with one attached hydrogen (secondary N) is 1. The Kier molecular flexibility index (Phi) is 5.34. The van der Waals surface area contributed by atoms with E-state index in [0.29, 0.717) is 6.54 Å². The first-order valence-corrected chi connectivity index (χ1v) is 6.14. The first-order chi connectivity index (χ1) is 7.99. The number of methoxy groups -OCH3 is 2. The Balaban J connectivity index is 2.56. The van der Waals surface area contributed by atoms with Gasteiger partial charge in [0, 0.05) is 33.9 Å². The van der Waals surface area contributed by atoms with Crippen LogP contribution in [0.3, 0.4) is 0 Å². The van der Waals surface area contributed by atoms with E-state index in [-0.39, 0.29) is 11.9 Å². The number of rotatable bonds is 7. The molecule has 1 saturated heterocycles. The summed E-state index contributed by atoms with van der Waals surface area (Å²) in [7, 11) is 3.25. The molecule has 2 atom stereocenters. The Morgan fingerprint density at radius 2 is 2.12 bits per heavy atom. The van der Waals surface area contributed by atoms with Crippen molar-refractivity contribution in [2.45, 2.75) is 44.1 Å². The molecular formula is C12H26N2O3. The molecule has 0 amide bonds. The van der Waals surface area contributed by atoms with Crippen LogP contribution in [0.5, 0.6) is 0 Å². The Labute approximate surface area is 104 Å². The van der Waals surface area contributed by atoms with Crippen LogP contribution in [0, 0.1) is 0 Å². The average molecular weight is 246 g/mol. The SMILES string of the molecule is COC(OC)C(C)(CN)NCC1(C)CCCO1. The van der Waals surface area contributed by atoms with Gasteiger partial charge in [-0.3, -0.25) is 0 Å². The summed E-state index contributed by atoms with van der Waals surface area (Å²) in [5, 5.41) is 3.43. The molecule has 1 aliphatic rings. The van der Waals surface area contributed by atoms with Gasteiger partial charge in [-0.25, -0.2) is 0 Å². The molecule has 1 rings (SSSR count). The van der Waals surface area contributed by atoms with Crippen LogP contribution >= 0.6 is 0 Å². The Bertz CT molecular complexity index is 228. The van der Waals surface area contributed by atoms with E-state index >= 15 is 0 Å². The largest absolute Gasteiger partial charge is 0.374 e. The van der Waals surface area contributed by atoms with Crippen molar-refractivity contribution in [2.75, 3.05) is 33.9 Å². The van der Waals surface area contributed by atoms with Gasteiger partial charge >= 0.3 is 0 Å². The van der Waals surface area contributed by atoms with Gasteiger partial charge < -0.3 is 25.3 Å². The van der Waals surface area contributed by atoms with Crippen molar-refractivity contribution in [3.8, 4) is 0 Å². The van der Waals surface area contributed by atoms with E-state index in [9.17, 15) is 0 Å². The molecular weight excluding hydrogens is 220 g/mol. The molecule has 0 spiro atoms. The molecule has 5 heteroatoms. The van der Waals surface area contributed by atoms with Gasteiger partial charge in [-0.15, -0.1) is 0 Å². The van der Waals surface area contributed by atoms with Crippen molar-refractivity contribution in [3.63, 3.8) is 0 Å². The van der Waals surface area contributed by atoms with Gasteiger partial charge in [-0.05, 0) is 26.7 Å². The molecule has 0 aromatic heterocycles. The lowest BCUT2D eigenvalue weighted by Gasteiger charge is -2.38. The summed E-state index contributed by atoms with van der Waals surface area (Å²) in [6.07, 6.45) is 1.83. The molecule has 3 N–H and O–H groups in total. The van der Waals surface area contributed by atoms with Crippen molar-refractivity contribution in [3.05, 3.63) is 0 Å². The lowest BCUT2D eigenvalue weighted by Crippen LogP contribution is -2.61. The van der Waals surface area contributed by atoms with E-state index in [0.717, 1.165) is 26.0 Å². The topological polar surface area (TPSA) is 65.7 Å². The Morgan fingerprint density at radius 1 is 1.47 bits per heavy atom. The van der Waals surface area contributed by atoms with Crippen LogP contribution in [0.2, 0.25) is 0 Å². The number of nitrogens with two attached hydrogens (primary N) is 1. The van der Waals surface area contributed by atoms with Crippen molar-refractivity contribution in [1.82, 2.24) is 5.32 Å². The van der Waals surface area contributed by atoms with Crippen LogP contribution in [-0.2, 0) is 14.2 Å². The van der Waals surface area contributed by atoms with Crippen LogP contribution in [0.4, 0.5) is 0 Å². The van der Waals surface area contributed by atoms with E-state index in [1.165, 1.54) is 0 Å². The monoisotopic (exact) mass is 246 g/mol. The molecule has 1 aliphatic heterocycles. The van der Waals surface area contributed by atoms with E-state index in [2.05, 4.69) is 12.2 Å². The first-order valence-electron chi connectivity index (χ1n) is 6.14. The molecule has 102 valence electrons. The minimum absolute atomic E-state index is 0.0948. The minimum Gasteiger partial charge on any atom is -0.374 e. The van der Waals surface area contributed by atoms with Crippen LogP contribution in [0.15, 0.2) is 0 Å². The smallest absolute Gasteiger partial charge is 0.175 e. The predicted molar refractivity (Wildman–Crippen MR) is 66.9 cm³/mol. The van der Waals surface area contributed by atoms with Crippen LogP contribution in [-0.4, -0.2) is 51.3 Å². The zero-order valence-corrected chi connectivity index (χ0v) is 11.4. The maximum absolute atomic E-state index is 5.82. The molecule has 1 fully saturated rings. The van der Waals surface area contributed by atoms with E-state index in [1.54, 1.807) is 14.2 Å². The highest BCUT2D eigenvalue weighted by atomic mass is 16.7. The Morgan fingerprint density at radius 3 is 2.53 bits per heavy atom. The van der Waals surface area contributed by atoms with Crippen LogP contribution in [0.25, 0.3) is 0 Å². The van der Waals surface area contributed by atoms with E-state index < -0.39 is 5.54 Å². The van der Waals surface area contributed by atoms with Crippen LogP contribution < -0.4 is 11.1 Å². The van der Waals surface area contributed by atoms with Crippen molar-refractivity contribution >= 4 is 0 Å². The summed E-state index contributed by atoms with van der Waals surface area (Å²) < 4.78 is 16.3. The maximum atomic E-state index is 5.82. The lowest BCUT2D eigenvalue weighted by molar-refractivity contribution is -0.151. The lowest BCUT2D eigenvalue weighted by atomic mass is 9.97. The third-order valence-corrected chi connectivity index (χ3v) is 3.54. The van der Waals surface area contributed by atoms with E-state index in [1.807, 2.05) is 6.92 Å². The minimum atomic E-state index is -0.404. The first kappa shape index (κ1) is 14.9. The van der Waals surface area contributed by atoms with Gasteiger partial charge in [-0.1, -0.05) is 0 Å². The summed E-state index contributed by atoms with van der Waals surface area (Å²) in [4.78, 5) is 0. The molecule has 0 aliphatic carbocycles. The van der Waals surface area contributed by atoms with Crippen molar-refractivity contribution in [2.24, 2.45) is 5.73 Å². The van der Waals surface area contributed by atoms with Crippen LogP contribution in [0.1, 0.15) is 26.7 Å². The van der Waals surface area contributed by atoms with Gasteiger partial charge in [0.15, 0.2) is 6.29 Å². The molecule has 0 saturated carbocycles. The van der Waals surface area contributed by atoms with Gasteiger partial charge in [0.25, 0.3) is 0 Å². The fourth-order valence-electron chi connectivity index (χ4n) is 2.23. The maximum Gasteiger partial charge on any atom is 0.175 e. The van der Waals surface area contributed by atoms with Gasteiger partial charge in [-0.2, -0.15) is 0 Å². The molecule has 2 unspecified atom stereocenters. The summed E-state index contributed by atoms with van der Waals surface area (Å²) in [5.41, 5.74) is 5.32. The fourth-order valence-corrected chi connectivity index (χ4v) is 2.23. The number of hydrogen-bond donors (Lipinski definition) is 2. The fraction of sp³-hybridized carbons (Fsp3) is 1.00. The van der Waals surface area contributed by atoms with Crippen molar-refractivity contribution in [1.29, 1.82) is 0 Å². The van der Waals surface area contributed by atoms with Gasteiger partial charge in [0.1, 0.15) is 0 Å². The second-order valence-electron chi connectivity index (χ2n) is 5.18. The zero-order valence-electron chi connectivity index (χ0n) is 11.4.